The molecule has 11 heteroatoms. The van der Waals surface area contributed by atoms with Crippen molar-refractivity contribution in [1.82, 2.24) is 14.8 Å². The number of hydrogen-bond donors (Lipinski definition) is 1. The van der Waals surface area contributed by atoms with E-state index in [0.29, 0.717) is 10.8 Å². The molecule has 2 aromatic heterocycles. The highest BCUT2D eigenvalue weighted by atomic mass is 35.5. The number of nitro benzene ring substituents is 1. The van der Waals surface area contributed by atoms with Crippen molar-refractivity contribution >= 4 is 52.0 Å². The van der Waals surface area contributed by atoms with Crippen LogP contribution in [0.3, 0.4) is 0 Å². The Morgan fingerprint density at radius 1 is 1.42 bits per heavy atom. The molecular formula is C15H12ClN5O3S2. The number of aromatic nitrogens is 3. The first-order valence-electron chi connectivity index (χ1n) is 7.25. The van der Waals surface area contributed by atoms with E-state index < -0.39 is 4.92 Å². The average Bonchev–Trinajstić information content (AvgIpc) is 3.24. The first-order chi connectivity index (χ1) is 12.5. The first kappa shape index (κ1) is 18.4. The number of thiophene rings is 1. The predicted molar refractivity (Wildman–Crippen MR) is 102 cm³/mol. The van der Waals surface area contributed by atoms with Crippen LogP contribution in [-0.4, -0.2) is 31.3 Å². The zero-order valence-corrected chi connectivity index (χ0v) is 15.8. The summed E-state index contributed by atoms with van der Waals surface area (Å²) in [5.41, 5.74) is 0.183. The lowest BCUT2D eigenvalue weighted by Gasteiger charge is -2.07. The molecule has 0 fully saturated rings. The van der Waals surface area contributed by atoms with Crippen molar-refractivity contribution in [3.8, 4) is 10.7 Å². The Labute approximate surface area is 161 Å². The van der Waals surface area contributed by atoms with E-state index in [2.05, 4.69) is 15.5 Å². The quantitative estimate of drug-likeness (QED) is 0.377. The first-order valence-corrected chi connectivity index (χ1v) is 9.50. The maximum atomic E-state index is 12.1. The molecule has 0 bridgehead atoms. The Morgan fingerprint density at radius 3 is 2.88 bits per heavy atom. The molecule has 3 rings (SSSR count). The molecule has 0 spiro atoms. The normalized spacial score (nSPS) is 10.7. The highest BCUT2D eigenvalue weighted by molar-refractivity contribution is 7.99. The number of amides is 1. The standard InChI is InChI=1S/C15H12ClN5O3S2/c1-20-14(12-3-2-6-25-12)18-19-15(20)26-8-13(22)17-11-5-4-9(21(23)24)7-10(11)16/h2-7H,8H2,1H3,(H,17,22). The Hall–Kier alpha value is -2.43. The van der Waals surface area contributed by atoms with Crippen molar-refractivity contribution in [1.29, 1.82) is 0 Å². The van der Waals surface area contributed by atoms with Gasteiger partial charge in [0.1, 0.15) is 0 Å². The van der Waals surface area contributed by atoms with E-state index in [9.17, 15) is 14.9 Å². The van der Waals surface area contributed by atoms with Crippen molar-refractivity contribution in [2.75, 3.05) is 11.1 Å². The van der Waals surface area contributed by atoms with Crippen LogP contribution in [0.2, 0.25) is 5.02 Å². The number of anilines is 1. The SMILES string of the molecule is Cn1c(SCC(=O)Nc2ccc([N+](=O)[O-])cc2Cl)nnc1-c1cccs1. The largest absolute Gasteiger partial charge is 0.324 e. The van der Waals surface area contributed by atoms with Gasteiger partial charge < -0.3 is 9.88 Å². The molecule has 8 nitrogen and oxygen atoms in total. The van der Waals surface area contributed by atoms with Gasteiger partial charge in [0, 0.05) is 19.2 Å². The lowest BCUT2D eigenvalue weighted by Crippen LogP contribution is -2.14. The molecule has 0 aliphatic heterocycles. The summed E-state index contributed by atoms with van der Waals surface area (Å²) in [6.07, 6.45) is 0. The van der Waals surface area contributed by atoms with Gasteiger partial charge in [0.2, 0.25) is 5.91 Å². The Balaban J connectivity index is 1.62. The van der Waals surface area contributed by atoms with E-state index in [0.717, 1.165) is 10.7 Å². The van der Waals surface area contributed by atoms with Crippen LogP contribution in [0.25, 0.3) is 10.7 Å². The molecule has 0 aliphatic carbocycles. The smallest absolute Gasteiger partial charge is 0.271 e. The van der Waals surface area contributed by atoms with Gasteiger partial charge in [0.15, 0.2) is 11.0 Å². The summed E-state index contributed by atoms with van der Waals surface area (Å²) in [4.78, 5) is 23.3. The number of benzene rings is 1. The number of nitrogens with zero attached hydrogens (tertiary/aromatic N) is 4. The summed E-state index contributed by atoms with van der Waals surface area (Å²) in [6.45, 7) is 0. The minimum Gasteiger partial charge on any atom is -0.324 e. The van der Waals surface area contributed by atoms with Gasteiger partial charge in [-0.15, -0.1) is 21.5 Å². The van der Waals surface area contributed by atoms with Gasteiger partial charge in [-0.05, 0) is 17.5 Å². The van der Waals surface area contributed by atoms with Gasteiger partial charge >= 0.3 is 0 Å². The van der Waals surface area contributed by atoms with Gasteiger partial charge in [-0.2, -0.15) is 0 Å². The number of non-ortho nitro benzene ring substituents is 1. The molecule has 0 saturated heterocycles. The molecule has 2 heterocycles. The Kier molecular flexibility index (Phi) is 5.55. The molecule has 0 saturated carbocycles. The van der Waals surface area contributed by atoms with E-state index in [1.165, 1.54) is 30.0 Å². The van der Waals surface area contributed by atoms with Crippen molar-refractivity contribution in [2.24, 2.45) is 7.05 Å². The van der Waals surface area contributed by atoms with Crippen molar-refractivity contribution in [3.63, 3.8) is 0 Å². The van der Waals surface area contributed by atoms with Crippen molar-refractivity contribution in [2.45, 2.75) is 5.16 Å². The lowest BCUT2D eigenvalue weighted by atomic mass is 10.3. The molecule has 1 aromatic carbocycles. The molecular weight excluding hydrogens is 398 g/mol. The number of thioether (sulfide) groups is 1. The van der Waals surface area contributed by atoms with E-state index in [1.54, 1.807) is 11.3 Å². The predicted octanol–water partition coefficient (Wildman–Crippen LogP) is 3.84. The van der Waals surface area contributed by atoms with Crippen molar-refractivity contribution in [3.05, 3.63) is 50.8 Å². The molecule has 1 N–H and O–H groups in total. The van der Waals surface area contributed by atoms with Crippen LogP contribution in [0.15, 0.2) is 40.9 Å². The fourth-order valence-corrected chi connectivity index (χ4v) is 3.77. The van der Waals surface area contributed by atoms with Crippen LogP contribution in [0.1, 0.15) is 0 Å². The number of halogens is 1. The highest BCUT2D eigenvalue weighted by Gasteiger charge is 2.15. The fraction of sp³-hybridized carbons (Fsp3) is 0.133. The summed E-state index contributed by atoms with van der Waals surface area (Å²) in [5, 5.41) is 24.3. The molecule has 3 aromatic rings. The summed E-state index contributed by atoms with van der Waals surface area (Å²) in [5.74, 6) is 0.539. The van der Waals surface area contributed by atoms with Crippen LogP contribution in [0.5, 0.6) is 0 Å². The molecule has 0 atom stereocenters. The third-order valence-electron chi connectivity index (χ3n) is 3.35. The summed E-state index contributed by atoms with van der Waals surface area (Å²) >= 11 is 8.77. The van der Waals surface area contributed by atoms with Gasteiger partial charge in [-0.3, -0.25) is 14.9 Å². The average molecular weight is 410 g/mol. The highest BCUT2D eigenvalue weighted by Crippen LogP contribution is 2.28. The molecule has 0 radical (unpaired) electrons. The summed E-state index contributed by atoms with van der Waals surface area (Å²) < 4.78 is 1.82. The van der Waals surface area contributed by atoms with Crippen LogP contribution < -0.4 is 5.32 Å². The van der Waals surface area contributed by atoms with E-state index >= 15 is 0 Å². The van der Waals surface area contributed by atoms with Gasteiger partial charge in [-0.25, -0.2) is 0 Å². The maximum absolute atomic E-state index is 12.1. The monoisotopic (exact) mass is 409 g/mol. The molecule has 0 aliphatic rings. The number of nitro groups is 1. The number of hydrogen-bond acceptors (Lipinski definition) is 7. The summed E-state index contributed by atoms with van der Waals surface area (Å²) in [7, 11) is 1.84. The minimum absolute atomic E-state index is 0.101. The third-order valence-corrected chi connectivity index (χ3v) is 5.55. The second-order valence-corrected chi connectivity index (χ2v) is 7.40. The minimum atomic E-state index is -0.549. The third kappa shape index (κ3) is 4.03. The Bertz CT molecular complexity index is 958. The second-order valence-electron chi connectivity index (χ2n) is 5.10. The molecule has 0 unspecified atom stereocenters. The van der Waals surface area contributed by atoms with Crippen LogP contribution >= 0.6 is 34.7 Å². The topological polar surface area (TPSA) is 103 Å². The second kappa shape index (κ2) is 7.85. The maximum Gasteiger partial charge on any atom is 0.271 e. The van der Waals surface area contributed by atoms with Crippen LogP contribution in [0, 0.1) is 10.1 Å². The zero-order valence-electron chi connectivity index (χ0n) is 13.4. The number of rotatable bonds is 6. The summed E-state index contributed by atoms with van der Waals surface area (Å²) in [6, 6.07) is 7.76. The fourth-order valence-electron chi connectivity index (χ4n) is 2.10. The van der Waals surface area contributed by atoms with Crippen LogP contribution in [0.4, 0.5) is 11.4 Å². The number of carbonyl (C=O) groups excluding carboxylic acids is 1. The lowest BCUT2D eigenvalue weighted by molar-refractivity contribution is -0.384. The molecule has 26 heavy (non-hydrogen) atoms. The molecule has 1 amide bonds. The van der Waals surface area contributed by atoms with Crippen molar-refractivity contribution < 1.29 is 9.72 Å². The number of carbonyl (C=O) groups is 1. The van der Waals surface area contributed by atoms with E-state index in [-0.39, 0.29) is 22.4 Å². The van der Waals surface area contributed by atoms with Crippen LogP contribution in [-0.2, 0) is 11.8 Å². The van der Waals surface area contributed by atoms with Gasteiger partial charge in [-0.1, -0.05) is 29.4 Å². The van der Waals surface area contributed by atoms with Gasteiger partial charge in [0.05, 0.1) is 26.3 Å². The number of nitrogens with one attached hydrogen (secondary N) is 1. The molecule has 134 valence electrons. The van der Waals surface area contributed by atoms with E-state index in [1.807, 2.05) is 29.1 Å². The zero-order chi connectivity index (χ0) is 18.7. The van der Waals surface area contributed by atoms with Gasteiger partial charge in [0.25, 0.3) is 5.69 Å². The Morgan fingerprint density at radius 2 is 2.23 bits per heavy atom. The van der Waals surface area contributed by atoms with E-state index in [4.69, 9.17) is 11.6 Å².